The lowest BCUT2D eigenvalue weighted by Gasteiger charge is -2.26. The van der Waals surface area contributed by atoms with Gasteiger partial charge in [0.25, 0.3) is 0 Å². The first-order valence-electron chi connectivity index (χ1n) is 10.8. The summed E-state index contributed by atoms with van der Waals surface area (Å²) in [7, 11) is -1.19. The van der Waals surface area contributed by atoms with Crippen LogP contribution in [-0.4, -0.2) is 39.7 Å². The van der Waals surface area contributed by atoms with E-state index in [0.29, 0.717) is 4.90 Å². The first-order chi connectivity index (χ1) is 15.4. The number of benzene rings is 4. The monoisotopic (exact) mass is 442 g/mol. The molecule has 1 aliphatic rings. The van der Waals surface area contributed by atoms with Crippen LogP contribution in [0.3, 0.4) is 0 Å². The van der Waals surface area contributed by atoms with Gasteiger partial charge >= 0.3 is 0 Å². The second kappa shape index (κ2) is 8.08. The fourth-order valence-corrected chi connectivity index (χ4v) is 5.46. The number of hydrogen-bond acceptors (Lipinski definition) is 4. The molecule has 4 aromatic rings. The van der Waals surface area contributed by atoms with Crippen molar-refractivity contribution in [2.24, 2.45) is 0 Å². The van der Waals surface area contributed by atoms with E-state index in [2.05, 4.69) is 71.4 Å². The Labute approximate surface area is 189 Å². The fourth-order valence-electron chi connectivity index (χ4n) is 4.55. The van der Waals surface area contributed by atoms with Crippen LogP contribution in [0.25, 0.3) is 21.9 Å². The highest BCUT2D eigenvalue weighted by molar-refractivity contribution is 7.90. The molecule has 0 N–H and O–H groups in total. The molecule has 1 aliphatic heterocycles. The molecule has 5 rings (SSSR count). The topological polar surface area (TPSA) is 40.6 Å². The molecular formula is C27H26N2O2S. The van der Waals surface area contributed by atoms with Gasteiger partial charge < -0.3 is 9.80 Å². The van der Waals surface area contributed by atoms with E-state index < -0.39 is 9.84 Å². The Kier molecular flexibility index (Phi) is 5.24. The van der Waals surface area contributed by atoms with Crippen molar-refractivity contribution in [3.8, 4) is 11.1 Å². The Morgan fingerprint density at radius 2 is 1.53 bits per heavy atom. The average molecular weight is 443 g/mol. The minimum Gasteiger partial charge on any atom is -0.340 e. The first kappa shape index (κ1) is 20.7. The van der Waals surface area contributed by atoms with Crippen LogP contribution in [0, 0.1) is 0 Å². The number of sulfone groups is 1. The molecule has 32 heavy (non-hydrogen) atoms. The van der Waals surface area contributed by atoms with E-state index in [1.54, 1.807) is 12.1 Å². The van der Waals surface area contributed by atoms with Crippen LogP contribution in [0.15, 0.2) is 89.8 Å². The molecule has 4 nitrogen and oxygen atoms in total. The third kappa shape index (κ3) is 3.90. The maximum Gasteiger partial charge on any atom is 0.176 e. The summed E-state index contributed by atoms with van der Waals surface area (Å²) in [5.41, 5.74) is 5.22. The van der Waals surface area contributed by atoms with Crippen molar-refractivity contribution in [2.75, 3.05) is 31.3 Å². The predicted molar refractivity (Wildman–Crippen MR) is 132 cm³/mol. The van der Waals surface area contributed by atoms with Gasteiger partial charge in [-0.2, -0.15) is 0 Å². The smallest absolute Gasteiger partial charge is 0.176 e. The summed E-state index contributed by atoms with van der Waals surface area (Å²) in [5, 5.41) is 2.46. The summed E-state index contributed by atoms with van der Waals surface area (Å²) in [4.78, 5) is 5.05. The molecular weight excluding hydrogens is 416 g/mol. The number of hydrogen-bond donors (Lipinski definition) is 0. The Morgan fingerprint density at radius 3 is 2.34 bits per heavy atom. The van der Waals surface area contributed by atoms with E-state index in [0.717, 1.165) is 30.8 Å². The number of likely N-dealkylation sites (N-methyl/N-ethyl adjacent to an activating group) is 1. The van der Waals surface area contributed by atoms with Gasteiger partial charge in [-0.1, -0.05) is 54.6 Å². The van der Waals surface area contributed by atoms with Crippen LogP contribution in [0.1, 0.15) is 5.56 Å². The van der Waals surface area contributed by atoms with Crippen LogP contribution < -0.4 is 4.90 Å². The second-order valence-corrected chi connectivity index (χ2v) is 10.5. The highest BCUT2D eigenvalue weighted by atomic mass is 32.2. The normalized spacial score (nSPS) is 14.9. The van der Waals surface area contributed by atoms with E-state index in [4.69, 9.17) is 0 Å². The third-order valence-corrected chi connectivity index (χ3v) is 7.31. The van der Waals surface area contributed by atoms with Gasteiger partial charge in [-0.05, 0) is 59.3 Å². The predicted octanol–water partition coefficient (Wildman–Crippen LogP) is 5.49. The van der Waals surface area contributed by atoms with E-state index in [-0.39, 0.29) is 0 Å². The molecule has 0 radical (unpaired) electrons. The van der Waals surface area contributed by atoms with Gasteiger partial charge in [0.1, 0.15) is 0 Å². The lowest BCUT2D eigenvalue weighted by atomic mass is 10.0. The van der Waals surface area contributed by atoms with Crippen molar-refractivity contribution in [1.29, 1.82) is 0 Å². The molecule has 0 fully saturated rings. The lowest BCUT2D eigenvalue weighted by molar-refractivity contribution is 0.343. The number of nitrogens with zero attached hydrogens (tertiary/aromatic N) is 2. The Hall–Kier alpha value is -3.15. The van der Waals surface area contributed by atoms with Gasteiger partial charge in [-0.3, -0.25) is 0 Å². The molecule has 0 aromatic heterocycles. The maximum absolute atomic E-state index is 12.4. The van der Waals surface area contributed by atoms with E-state index >= 15 is 0 Å². The molecule has 162 valence electrons. The first-order valence-corrected chi connectivity index (χ1v) is 12.7. The largest absolute Gasteiger partial charge is 0.340 e. The Morgan fingerprint density at radius 1 is 0.781 bits per heavy atom. The zero-order chi connectivity index (χ0) is 22.3. The summed E-state index contributed by atoms with van der Waals surface area (Å²) in [5.74, 6) is 0. The summed E-state index contributed by atoms with van der Waals surface area (Å²) in [6.07, 6.45) is 1.27. The molecule has 0 bridgehead atoms. The second-order valence-electron chi connectivity index (χ2n) is 8.53. The minimum absolute atomic E-state index is 0.369. The fraction of sp³-hybridized carbons (Fsp3) is 0.185. The Balaban J connectivity index is 1.63. The van der Waals surface area contributed by atoms with Crippen LogP contribution in [0.4, 0.5) is 11.4 Å². The molecule has 0 aliphatic carbocycles. The van der Waals surface area contributed by atoms with E-state index in [9.17, 15) is 8.42 Å². The zero-order valence-electron chi connectivity index (χ0n) is 18.3. The van der Waals surface area contributed by atoms with Crippen LogP contribution in [-0.2, 0) is 16.4 Å². The van der Waals surface area contributed by atoms with Gasteiger partial charge in [0.2, 0.25) is 0 Å². The molecule has 0 unspecified atom stereocenters. The number of rotatable bonds is 3. The summed E-state index contributed by atoms with van der Waals surface area (Å²) >= 11 is 0. The van der Waals surface area contributed by atoms with Gasteiger partial charge in [0.15, 0.2) is 9.84 Å². The van der Waals surface area contributed by atoms with Crippen LogP contribution in [0.2, 0.25) is 0 Å². The number of fused-ring (bicyclic) bond motifs is 2. The molecule has 0 amide bonds. The van der Waals surface area contributed by atoms with Crippen molar-refractivity contribution in [3.05, 3.63) is 90.5 Å². The van der Waals surface area contributed by atoms with Gasteiger partial charge in [-0.15, -0.1) is 0 Å². The van der Waals surface area contributed by atoms with E-state index in [1.807, 2.05) is 18.2 Å². The molecule has 0 atom stereocenters. The molecule has 4 aromatic carbocycles. The van der Waals surface area contributed by atoms with E-state index in [1.165, 1.54) is 34.0 Å². The van der Waals surface area contributed by atoms with Gasteiger partial charge in [-0.25, -0.2) is 8.42 Å². The third-order valence-electron chi connectivity index (χ3n) is 6.16. The van der Waals surface area contributed by atoms with Gasteiger partial charge in [0, 0.05) is 42.8 Å². The lowest BCUT2D eigenvalue weighted by Crippen LogP contribution is -2.26. The SMILES string of the molecule is CN1CCN(c2ccc3ccccc3c2)c2ccc(-c3ccccc3S(C)(=O)=O)cc2C1. The standard InChI is InChI=1S/C27H26N2O2S/c1-28-15-16-29(24-13-11-20-7-3-4-8-21(20)18-24)26-14-12-22(17-23(26)19-28)25-9-5-6-10-27(25)32(2,30)31/h3-14,17-18H,15-16,19H2,1-2H3. The molecule has 5 heteroatoms. The number of anilines is 2. The van der Waals surface area contributed by atoms with Crippen molar-refractivity contribution in [2.45, 2.75) is 11.4 Å². The minimum atomic E-state index is -3.32. The maximum atomic E-state index is 12.4. The van der Waals surface area contributed by atoms with Crippen LogP contribution in [0.5, 0.6) is 0 Å². The highest BCUT2D eigenvalue weighted by Crippen LogP contribution is 2.37. The molecule has 0 saturated heterocycles. The molecule has 1 heterocycles. The van der Waals surface area contributed by atoms with Crippen LogP contribution >= 0.6 is 0 Å². The average Bonchev–Trinajstić information content (AvgIpc) is 2.95. The molecule has 0 saturated carbocycles. The zero-order valence-corrected chi connectivity index (χ0v) is 19.1. The quantitative estimate of drug-likeness (QED) is 0.420. The van der Waals surface area contributed by atoms with Crippen molar-refractivity contribution >= 4 is 32.0 Å². The van der Waals surface area contributed by atoms with Crippen molar-refractivity contribution in [3.63, 3.8) is 0 Å². The summed E-state index contributed by atoms with van der Waals surface area (Å²) in [6, 6.07) is 28.6. The van der Waals surface area contributed by atoms with Crippen molar-refractivity contribution < 1.29 is 8.42 Å². The Bertz CT molecular complexity index is 1410. The highest BCUT2D eigenvalue weighted by Gasteiger charge is 2.21. The summed E-state index contributed by atoms with van der Waals surface area (Å²) < 4.78 is 24.7. The molecule has 0 spiro atoms. The van der Waals surface area contributed by atoms with Crippen molar-refractivity contribution in [1.82, 2.24) is 4.90 Å². The summed E-state index contributed by atoms with van der Waals surface area (Å²) in [6.45, 7) is 2.65. The van der Waals surface area contributed by atoms with Gasteiger partial charge in [0.05, 0.1) is 4.90 Å².